The molecule has 1 saturated carbocycles. The Bertz CT molecular complexity index is 2190. The van der Waals surface area contributed by atoms with Gasteiger partial charge in [-0.05, 0) is 67.6 Å². The topological polar surface area (TPSA) is 117 Å². The van der Waals surface area contributed by atoms with Crippen molar-refractivity contribution >= 4 is 63.9 Å². The number of morpholine rings is 1. The number of phenolic OH excluding ortho intramolecular Hbond substituents is 1. The van der Waals surface area contributed by atoms with Crippen molar-refractivity contribution in [3.05, 3.63) is 88.8 Å². The average Bonchev–Trinajstić information content (AvgIpc) is 3.52. The number of alkyl halides is 2. The van der Waals surface area contributed by atoms with E-state index in [4.69, 9.17) is 32.7 Å². The van der Waals surface area contributed by atoms with Crippen LogP contribution in [0, 0.1) is 46.8 Å². The van der Waals surface area contributed by atoms with Crippen molar-refractivity contribution < 1.29 is 55.7 Å². The maximum atomic E-state index is 15.3. The highest BCUT2D eigenvalue weighted by Crippen LogP contribution is 2.66. The lowest BCUT2D eigenvalue weighted by Crippen LogP contribution is -2.60. The van der Waals surface area contributed by atoms with Crippen molar-refractivity contribution in [3.63, 3.8) is 0 Å². The molecule has 3 aliphatic heterocycles. The monoisotopic (exact) mass is 805 g/mol. The van der Waals surface area contributed by atoms with Gasteiger partial charge in [0, 0.05) is 24.7 Å². The van der Waals surface area contributed by atoms with Gasteiger partial charge >= 0.3 is 0 Å². The van der Waals surface area contributed by atoms with E-state index >= 15 is 8.78 Å². The molecule has 4 fully saturated rings. The Morgan fingerprint density at radius 3 is 2.07 bits per heavy atom. The molecule has 10 nitrogen and oxygen atoms in total. The number of hydrogen-bond acceptors (Lipinski definition) is 8. The third-order valence-electron chi connectivity index (χ3n) is 11.3. The second-order valence-corrected chi connectivity index (χ2v) is 15.2. The molecule has 3 heterocycles. The summed E-state index contributed by atoms with van der Waals surface area (Å²) in [4.78, 5) is 55.0. The number of carbonyl (C=O) groups is 4. The summed E-state index contributed by atoms with van der Waals surface area (Å²) in [6, 6.07) is 10.7. The molecule has 3 aromatic carbocycles. The van der Waals surface area contributed by atoms with Crippen LogP contribution >= 0.6 is 23.2 Å². The number of ether oxygens (including phenoxy) is 2. The maximum Gasteiger partial charge on any atom is 0.258 e. The van der Waals surface area contributed by atoms with Gasteiger partial charge in [0.2, 0.25) is 17.6 Å². The molecular formula is C38H30Cl2F5N3O7. The smallest absolute Gasteiger partial charge is 0.258 e. The maximum absolute atomic E-state index is 15.3. The summed E-state index contributed by atoms with van der Waals surface area (Å²) >= 11 is 14.4. The minimum Gasteiger partial charge on any atom is -0.504 e. The van der Waals surface area contributed by atoms with Crippen LogP contribution in [-0.2, 0) is 23.9 Å². The standard InChI is InChI=1S/C38H30Cl2F5N3O7/c1-2-55-24-15-17(3-10-23(24)49)26-20-8-9-21-25(34(51)47(33(21)50)19-6-4-18(5-7-19)46-11-13-54-14-12-46)22(20)16-37(39)35(52)48(36(53)38(26,37)40)32-30(44)28(42)27(41)29(43)31(32)45/h3-8,10,15,21-22,25-26,49H,2,9,11-14,16H2,1H3/t21-,22+,25-,26-,37+,38-/m0/s1. The minimum atomic E-state index is -2.71. The summed E-state index contributed by atoms with van der Waals surface area (Å²) in [6.07, 6.45) is 0.929. The summed E-state index contributed by atoms with van der Waals surface area (Å²) in [5.41, 5.74) is -0.357. The molecule has 3 aromatic rings. The molecule has 55 heavy (non-hydrogen) atoms. The zero-order chi connectivity index (χ0) is 39.3. The molecule has 3 saturated heterocycles. The summed E-state index contributed by atoms with van der Waals surface area (Å²) < 4.78 is 84.8. The molecule has 1 N–H and O–H groups in total. The first-order chi connectivity index (χ1) is 26.2. The molecule has 0 aromatic heterocycles. The number of benzene rings is 3. The van der Waals surface area contributed by atoms with E-state index in [0.717, 1.165) is 10.6 Å². The number of carbonyl (C=O) groups excluding carboxylic acids is 4. The molecule has 2 aliphatic carbocycles. The number of phenols is 1. The Hall–Kier alpha value is -4.73. The molecule has 0 bridgehead atoms. The number of nitrogens with zero attached hydrogens (tertiary/aromatic N) is 3. The fourth-order valence-electron chi connectivity index (χ4n) is 8.81. The lowest BCUT2D eigenvalue weighted by atomic mass is 9.56. The van der Waals surface area contributed by atoms with Gasteiger partial charge in [-0.1, -0.05) is 17.7 Å². The Morgan fingerprint density at radius 2 is 1.44 bits per heavy atom. The highest BCUT2D eigenvalue weighted by molar-refractivity contribution is 6.58. The number of allylic oxidation sites excluding steroid dienone is 2. The summed E-state index contributed by atoms with van der Waals surface area (Å²) in [5.74, 6) is -21.8. The first kappa shape index (κ1) is 37.2. The van der Waals surface area contributed by atoms with Crippen molar-refractivity contribution in [1.29, 1.82) is 0 Å². The van der Waals surface area contributed by atoms with E-state index in [-0.39, 0.29) is 46.3 Å². The van der Waals surface area contributed by atoms with Crippen LogP contribution in [0.25, 0.3) is 0 Å². The number of amides is 4. The number of fused-ring (bicyclic) bond motifs is 4. The van der Waals surface area contributed by atoms with Crippen molar-refractivity contribution in [2.45, 2.75) is 35.4 Å². The molecule has 5 aliphatic rings. The first-order valence-corrected chi connectivity index (χ1v) is 18.2. The quantitative estimate of drug-likeness (QED) is 0.0796. The number of anilines is 3. The van der Waals surface area contributed by atoms with Crippen LogP contribution in [0.1, 0.15) is 31.2 Å². The second-order valence-electron chi connectivity index (χ2n) is 14.0. The predicted octanol–water partition coefficient (Wildman–Crippen LogP) is 6.09. The molecular weight excluding hydrogens is 776 g/mol. The predicted molar refractivity (Wildman–Crippen MR) is 188 cm³/mol. The fraction of sp³-hybridized carbons (Fsp3) is 0.368. The van der Waals surface area contributed by atoms with Gasteiger partial charge < -0.3 is 19.5 Å². The van der Waals surface area contributed by atoms with Gasteiger partial charge in [-0.25, -0.2) is 26.9 Å². The molecule has 288 valence electrons. The zero-order valence-electron chi connectivity index (χ0n) is 28.8. The van der Waals surface area contributed by atoms with Gasteiger partial charge in [-0.2, -0.15) is 0 Å². The Balaban J connectivity index is 1.25. The van der Waals surface area contributed by atoms with Crippen molar-refractivity contribution in [2.24, 2.45) is 17.8 Å². The molecule has 6 atom stereocenters. The van der Waals surface area contributed by atoms with Crippen LogP contribution in [0.4, 0.5) is 39.0 Å². The van der Waals surface area contributed by atoms with Gasteiger partial charge in [0.05, 0.1) is 37.3 Å². The fourth-order valence-corrected chi connectivity index (χ4v) is 9.75. The van der Waals surface area contributed by atoms with E-state index in [2.05, 4.69) is 4.90 Å². The number of imide groups is 2. The van der Waals surface area contributed by atoms with E-state index in [1.807, 2.05) is 0 Å². The third kappa shape index (κ3) is 5.15. The zero-order valence-corrected chi connectivity index (χ0v) is 30.3. The molecule has 8 rings (SSSR count). The SMILES string of the molecule is CCOc1cc([C@H]2C3=CC[C@@H]4C(=O)N(c5ccc(N6CCOCC6)cc5)C(=O)[C@@H]4[C@@H]3C[C@@]3(Cl)C(=O)N(c4c(F)c(F)c(F)c(F)c4F)C(=O)[C@@]23Cl)ccc1O. The van der Waals surface area contributed by atoms with Crippen molar-refractivity contribution in [2.75, 3.05) is 47.6 Å². The van der Waals surface area contributed by atoms with Gasteiger partial charge in [0.1, 0.15) is 5.69 Å². The number of hydrogen-bond donors (Lipinski definition) is 1. The van der Waals surface area contributed by atoms with Crippen molar-refractivity contribution in [3.8, 4) is 11.5 Å². The van der Waals surface area contributed by atoms with Crippen LogP contribution in [-0.4, -0.2) is 71.4 Å². The summed E-state index contributed by atoms with van der Waals surface area (Å²) in [6.45, 7) is 4.10. The molecule has 0 spiro atoms. The number of aromatic hydroxyl groups is 1. The highest BCUT2D eigenvalue weighted by atomic mass is 35.5. The van der Waals surface area contributed by atoms with Crippen LogP contribution < -0.4 is 19.4 Å². The van der Waals surface area contributed by atoms with E-state index in [1.165, 1.54) is 18.2 Å². The average molecular weight is 807 g/mol. The number of halogens is 7. The van der Waals surface area contributed by atoms with Gasteiger partial charge in [0.25, 0.3) is 11.8 Å². The van der Waals surface area contributed by atoms with Crippen LogP contribution in [0.3, 0.4) is 0 Å². The van der Waals surface area contributed by atoms with Crippen LogP contribution in [0.5, 0.6) is 11.5 Å². The molecule has 17 heteroatoms. The second kappa shape index (κ2) is 13.2. The van der Waals surface area contributed by atoms with E-state index in [9.17, 15) is 37.5 Å². The number of rotatable bonds is 6. The van der Waals surface area contributed by atoms with Gasteiger partial charge in [-0.3, -0.25) is 24.1 Å². The van der Waals surface area contributed by atoms with Gasteiger partial charge in [0.15, 0.2) is 44.5 Å². The molecule has 0 radical (unpaired) electrons. The molecule has 4 amide bonds. The minimum absolute atomic E-state index is 0.0257. The van der Waals surface area contributed by atoms with Gasteiger partial charge in [-0.15, -0.1) is 23.2 Å². The Morgan fingerprint density at radius 1 is 0.818 bits per heavy atom. The van der Waals surface area contributed by atoms with Crippen molar-refractivity contribution in [1.82, 2.24) is 0 Å². The lowest BCUT2D eigenvalue weighted by Gasteiger charge is -2.50. The summed E-state index contributed by atoms with van der Waals surface area (Å²) in [7, 11) is 0. The third-order valence-corrected chi connectivity index (χ3v) is 12.7. The normalized spacial score (nSPS) is 29.0. The Labute approximate surface area is 320 Å². The highest BCUT2D eigenvalue weighted by Gasteiger charge is 2.77. The first-order valence-electron chi connectivity index (χ1n) is 17.4. The van der Waals surface area contributed by atoms with Crippen LogP contribution in [0.2, 0.25) is 0 Å². The van der Waals surface area contributed by atoms with E-state index in [0.29, 0.717) is 26.3 Å². The molecule has 0 unspecified atom stereocenters. The van der Waals surface area contributed by atoms with Crippen LogP contribution in [0.15, 0.2) is 54.1 Å². The van der Waals surface area contributed by atoms with E-state index < -0.39 is 98.2 Å². The lowest BCUT2D eigenvalue weighted by molar-refractivity contribution is -0.125. The van der Waals surface area contributed by atoms with E-state index in [1.54, 1.807) is 37.3 Å². The largest absolute Gasteiger partial charge is 0.504 e. The summed E-state index contributed by atoms with van der Waals surface area (Å²) in [5, 5.41) is 10.5. The Kier molecular flexibility index (Phi) is 8.93.